The van der Waals surface area contributed by atoms with Crippen LogP contribution in [-0.4, -0.2) is 10.8 Å². The summed E-state index contributed by atoms with van der Waals surface area (Å²) in [5, 5.41) is 0. The Morgan fingerprint density at radius 3 is 2.87 bits per heavy atom. The van der Waals surface area contributed by atoms with E-state index in [1.54, 1.807) is 18.5 Å². The summed E-state index contributed by atoms with van der Waals surface area (Å²) in [6.45, 7) is 3.85. The number of allylic oxidation sites excluding steroid dienone is 2. The number of carbonyl (C=O) groups excluding carboxylic acids is 1. The number of hydrogen-bond acceptors (Lipinski definition) is 3. The fraction of sp³-hybridized carbons (Fsp3) is 0.333. The number of nitrogens with zero attached hydrogens (tertiary/aromatic N) is 1. The molecule has 1 aromatic rings. The number of nitrogen functional groups attached to an aromatic ring is 1. The van der Waals surface area contributed by atoms with Crippen LogP contribution in [0.15, 0.2) is 30.1 Å². The largest absolute Gasteiger partial charge is 0.398 e. The molecule has 0 aliphatic rings. The molecule has 0 saturated heterocycles. The summed E-state index contributed by atoms with van der Waals surface area (Å²) in [4.78, 5) is 15.7. The summed E-state index contributed by atoms with van der Waals surface area (Å²) < 4.78 is 0. The molecule has 3 nitrogen and oxygen atoms in total. The molecule has 3 heteroatoms. The minimum atomic E-state index is 0.125. The number of anilines is 1. The Labute approximate surface area is 90.0 Å². The fourth-order valence-corrected chi connectivity index (χ4v) is 1.43. The van der Waals surface area contributed by atoms with Gasteiger partial charge in [0.05, 0.1) is 0 Å². The van der Waals surface area contributed by atoms with Crippen molar-refractivity contribution in [2.75, 3.05) is 5.73 Å². The Morgan fingerprint density at radius 2 is 2.33 bits per heavy atom. The van der Waals surface area contributed by atoms with E-state index in [0.29, 0.717) is 12.1 Å². The summed E-state index contributed by atoms with van der Waals surface area (Å²) in [7, 11) is 0. The zero-order chi connectivity index (χ0) is 11.3. The second-order valence-electron chi connectivity index (χ2n) is 3.34. The van der Waals surface area contributed by atoms with Crippen LogP contribution in [0.5, 0.6) is 0 Å². The number of rotatable bonds is 4. The van der Waals surface area contributed by atoms with Crippen LogP contribution in [0.25, 0.3) is 0 Å². The van der Waals surface area contributed by atoms with Gasteiger partial charge in [-0.05, 0) is 25.0 Å². The highest BCUT2D eigenvalue weighted by atomic mass is 16.1. The standard InChI is InChI=1S/C12H16N2O/c1-3-9(4-2)12(15)7-10-8-14-6-5-11(10)13/h3,5-6,8H,4,7H2,1-2H3,(H2,13,14)/b9-3-. The first-order chi connectivity index (χ1) is 7.19. The molecular formula is C12H16N2O. The van der Waals surface area contributed by atoms with Gasteiger partial charge in [0.1, 0.15) is 0 Å². The maximum atomic E-state index is 11.8. The third kappa shape index (κ3) is 2.91. The van der Waals surface area contributed by atoms with Crippen molar-refractivity contribution in [3.63, 3.8) is 0 Å². The van der Waals surface area contributed by atoms with E-state index >= 15 is 0 Å². The molecule has 0 atom stereocenters. The molecular weight excluding hydrogens is 188 g/mol. The summed E-state index contributed by atoms with van der Waals surface area (Å²) in [5.74, 6) is 0.125. The molecule has 0 fully saturated rings. The van der Waals surface area contributed by atoms with Crippen LogP contribution in [0, 0.1) is 0 Å². The van der Waals surface area contributed by atoms with E-state index in [2.05, 4.69) is 4.98 Å². The number of nitrogens with two attached hydrogens (primary N) is 1. The first kappa shape index (κ1) is 11.4. The van der Waals surface area contributed by atoms with Gasteiger partial charge in [-0.2, -0.15) is 0 Å². The molecule has 0 bridgehead atoms. The third-order valence-corrected chi connectivity index (χ3v) is 2.38. The van der Waals surface area contributed by atoms with Crippen molar-refractivity contribution in [1.29, 1.82) is 0 Å². The van der Waals surface area contributed by atoms with Gasteiger partial charge in [0.25, 0.3) is 0 Å². The Bertz CT molecular complexity index is 383. The van der Waals surface area contributed by atoms with Gasteiger partial charge in [-0.25, -0.2) is 0 Å². The van der Waals surface area contributed by atoms with E-state index in [1.165, 1.54) is 0 Å². The van der Waals surface area contributed by atoms with Crippen LogP contribution >= 0.6 is 0 Å². The van der Waals surface area contributed by atoms with Gasteiger partial charge < -0.3 is 5.73 Å². The number of hydrogen-bond donors (Lipinski definition) is 1. The minimum absolute atomic E-state index is 0.125. The average molecular weight is 204 g/mol. The van der Waals surface area contributed by atoms with Crippen LogP contribution in [0.4, 0.5) is 5.69 Å². The molecule has 0 aliphatic carbocycles. The van der Waals surface area contributed by atoms with Crippen molar-refractivity contribution in [2.45, 2.75) is 26.7 Å². The van der Waals surface area contributed by atoms with Gasteiger partial charge in [-0.1, -0.05) is 13.0 Å². The van der Waals surface area contributed by atoms with E-state index in [-0.39, 0.29) is 5.78 Å². The molecule has 0 aromatic carbocycles. The third-order valence-electron chi connectivity index (χ3n) is 2.38. The molecule has 1 aromatic heterocycles. The molecule has 2 N–H and O–H groups in total. The molecule has 1 heterocycles. The molecule has 80 valence electrons. The van der Waals surface area contributed by atoms with Crippen LogP contribution in [0.3, 0.4) is 0 Å². The zero-order valence-electron chi connectivity index (χ0n) is 9.16. The maximum Gasteiger partial charge on any atom is 0.163 e. The van der Waals surface area contributed by atoms with E-state index in [1.807, 2.05) is 19.9 Å². The number of Topliss-reactive ketones (excluding diaryl/α,β-unsaturated/α-hetero) is 1. The zero-order valence-corrected chi connectivity index (χ0v) is 9.16. The van der Waals surface area contributed by atoms with E-state index in [4.69, 9.17) is 5.73 Å². The van der Waals surface area contributed by atoms with Crippen molar-refractivity contribution in [3.8, 4) is 0 Å². The number of pyridine rings is 1. The second kappa shape index (κ2) is 5.29. The lowest BCUT2D eigenvalue weighted by molar-refractivity contribution is -0.115. The number of carbonyl (C=O) groups is 1. The van der Waals surface area contributed by atoms with E-state index in [0.717, 1.165) is 17.6 Å². The first-order valence-corrected chi connectivity index (χ1v) is 5.05. The second-order valence-corrected chi connectivity index (χ2v) is 3.34. The van der Waals surface area contributed by atoms with Gasteiger partial charge in [0.2, 0.25) is 0 Å². The molecule has 0 unspecified atom stereocenters. The Kier molecular flexibility index (Phi) is 4.03. The molecule has 0 aliphatic heterocycles. The summed E-state index contributed by atoms with van der Waals surface area (Å²) >= 11 is 0. The molecule has 1 rings (SSSR count). The molecule has 0 amide bonds. The predicted octanol–water partition coefficient (Wildman–Crippen LogP) is 2.13. The van der Waals surface area contributed by atoms with Gasteiger partial charge in [-0.3, -0.25) is 9.78 Å². The Hall–Kier alpha value is -1.64. The molecule has 0 saturated carbocycles. The number of aromatic nitrogens is 1. The monoisotopic (exact) mass is 204 g/mol. The van der Waals surface area contributed by atoms with E-state index < -0.39 is 0 Å². The normalized spacial score (nSPS) is 11.5. The Balaban J connectivity index is 2.79. The molecule has 15 heavy (non-hydrogen) atoms. The lowest BCUT2D eigenvalue weighted by atomic mass is 10.0. The highest BCUT2D eigenvalue weighted by Gasteiger charge is 2.09. The number of ketones is 1. The van der Waals surface area contributed by atoms with Crippen LogP contribution < -0.4 is 5.73 Å². The lowest BCUT2D eigenvalue weighted by Gasteiger charge is -2.05. The summed E-state index contributed by atoms with van der Waals surface area (Å²) in [6.07, 6.45) is 6.23. The quantitative estimate of drug-likeness (QED) is 0.764. The van der Waals surface area contributed by atoms with Gasteiger partial charge in [0.15, 0.2) is 5.78 Å². The molecule has 0 radical (unpaired) electrons. The van der Waals surface area contributed by atoms with E-state index in [9.17, 15) is 4.79 Å². The predicted molar refractivity (Wildman–Crippen MR) is 61.4 cm³/mol. The molecule has 0 spiro atoms. The highest BCUT2D eigenvalue weighted by molar-refractivity contribution is 5.97. The van der Waals surface area contributed by atoms with Crippen LogP contribution in [0.2, 0.25) is 0 Å². The SMILES string of the molecule is C/C=C(/CC)C(=O)Cc1cnccc1N. The summed E-state index contributed by atoms with van der Waals surface area (Å²) in [6, 6.07) is 1.71. The average Bonchev–Trinajstić information content (AvgIpc) is 2.23. The highest BCUT2D eigenvalue weighted by Crippen LogP contribution is 2.13. The van der Waals surface area contributed by atoms with Crippen molar-refractivity contribution in [1.82, 2.24) is 4.98 Å². The minimum Gasteiger partial charge on any atom is -0.398 e. The lowest BCUT2D eigenvalue weighted by Crippen LogP contribution is -2.08. The van der Waals surface area contributed by atoms with Gasteiger partial charge >= 0.3 is 0 Å². The van der Waals surface area contributed by atoms with Crippen molar-refractivity contribution in [2.24, 2.45) is 0 Å². The van der Waals surface area contributed by atoms with Gasteiger partial charge in [0, 0.05) is 30.1 Å². The maximum absolute atomic E-state index is 11.8. The first-order valence-electron chi connectivity index (χ1n) is 5.05. The topological polar surface area (TPSA) is 56.0 Å². The smallest absolute Gasteiger partial charge is 0.163 e. The van der Waals surface area contributed by atoms with Crippen molar-refractivity contribution >= 4 is 11.5 Å². The van der Waals surface area contributed by atoms with Crippen LogP contribution in [0.1, 0.15) is 25.8 Å². The summed E-state index contributed by atoms with van der Waals surface area (Å²) in [5.41, 5.74) is 8.02. The fourth-order valence-electron chi connectivity index (χ4n) is 1.43. The van der Waals surface area contributed by atoms with Crippen LogP contribution in [-0.2, 0) is 11.2 Å². The Morgan fingerprint density at radius 1 is 1.60 bits per heavy atom. The van der Waals surface area contributed by atoms with Gasteiger partial charge in [-0.15, -0.1) is 0 Å². The van der Waals surface area contributed by atoms with Crippen molar-refractivity contribution in [3.05, 3.63) is 35.7 Å². The van der Waals surface area contributed by atoms with Crippen molar-refractivity contribution < 1.29 is 4.79 Å².